The minimum atomic E-state index is -0.963. The fourth-order valence-electron chi connectivity index (χ4n) is 5.09. The molecule has 2 heterocycles. The Kier molecular flexibility index (Phi) is 5.66. The van der Waals surface area contributed by atoms with Crippen LogP contribution in [0.4, 0.5) is 4.39 Å². The molecule has 2 fully saturated rings. The molecule has 1 amide bonds. The van der Waals surface area contributed by atoms with Gasteiger partial charge in [0.1, 0.15) is 11.9 Å². The highest BCUT2D eigenvalue weighted by Crippen LogP contribution is 2.49. The van der Waals surface area contributed by atoms with Crippen molar-refractivity contribution >= 4 is 5.91 Å². The lowest BCUT2D eigenvalue weighted by molar-refractivity contribution is -0.230. The number of hydrogen-bond donors (Lipinski definition) is 3. The van der Waals surface area contributed by atoms with Gasteiger partial charge in [-0.1, -0.05) is 36.4 Å². The molecule has 5 atom stereocenters. The molecule has 2 saturated heterocycles. The Morgan fingerprint density at radius 2 is 1.97 bits per heavy atom. The lowest BCUT2D eigenvalue weighted by Crippen LogP contribution is -2.58. The summed E-state index contributed by atoms with van der Waals surface area (Å²) in [5, 5.41) is 24.3. The molecule has 0 spiro atoms. The number of nitrogens with one attached hydrogen (secondary N) is 1. The third kappa shape index (κ3) is 4.00. The molecule has 2 bridgehead atoms. The van der Waals surface area contributed by atoms with Gasteiger partial charge in [-0.05, 0) is 62.3 Å². The molecule has 2 aliphatic heterocycles. The molecular weight excluding hydrogens is 385 g/mol. The van der Waals surface area contributed by atoms with Crippen molar-refractivity contribution in [2.45, 2.75) is 61.9 Å². The second kappa shape index (κ2) is 8.10. The maximum absolute atomic E-state index is 13.5. The van der Waals surface area contributed by atoms with E-state index >= 15 is 0 Å². The van der Waals surface area contributed by atoms with Crippen molar-refractivity contribution in [2.75, 3.05) is 6.61 Å². The molecular formula is C24H28FNO4. The van der Waals surface area contributed by atoms with Gasteiger partial charge in [0.15, 0.2) is 0 Å². The number of carbonyl (C=O) groups excluding carboxylic acids is 1. The van der Waals surface area contributed by atoms with Crippen LogP contribution in [0.25, 0.3) is 0 Å². The number of amides is 1. The van der Waals surface area contributed by atoms with E-state index < -0.39 is 35.1 Å². The Hall–Kier alpha value is -2.28. The molecule has 5 nitrogen and oxygen atoms in total. The highest BCUT2D eigenvalue weighted by atomic mass is 19.1. The first kappa shape index (κ1) is 21.0. The van der Waals surface area contributed by atoms with E-state index in [2.05, 4.69) is 17.4 Å². The zero-order valence-electron chi connectivity index (χ0n) is 17.1. The summed E-state index contributed by atoms with van der Waals surface area (Å²) >= 11 is 0. The van der Waals surface area contributed by atoms with Gasteiger partial charge in [-0.2, -0.15) is 0 Å². The molecule has 2 aromatic rings. The maximum Gasteiger partial charge on any atom is 0.251 e. The van der Waals surface area contributed by atoms with Crippen LogP contribution in [-0.2, 0) is 4.74 Å². The van der Waals surface area contributed by atoms with Crippen LogP contribution in [-0.4, -0.2) is 46.1 Å². The van der Waals surface area contributed by atoms with E-state index in [0.717, 1.165) is 5.56 Å². The van der Waals surface area contributed by atoms with Crippen molar-refractivity contribution in [3.8, 4) is 0 Å². The SMILES string of the molecule is C[C@]12C[C@@H](c3ccccc3)C[C@](CO)(CC[C@@H](NC(=O)c3cccc(F)c3)[C@@H]1O)O2. The highest BCUT2D eigenvalue weighted by molar-refractivity contribution is 5.94. The number of benzene rings is 2. The van der Waals surface area contributed by atoms with Gasteiger partial charge in [0.2, 0.25) is 0 Å². The van der Waals surface area contributed by atoms with Crippen LogP contribution in [0.15, 0.2) is 54.6 Å². The van der Waals surface area contributed by atoms with Crippen LogP contribution in [0.1, 0.15) is 54.4 Å². The van der Waals surface area contributed by atoms with Crippen molar-refractivity contribution in [1.82, 2.24) is 5.32 Å². The molecule has 0 saturated carbocycles. The molecule has 2 aromatic carbocycles. The van der Waals surface area contributed by atoms with E-state index in [1.165, 1.54) is 18.2 Å². The van der Waals surface area contributed by atoms with Crippen LogP contribution in [0.2, 0.25) is 0 Å². The van der Waals surface area contributed by atoms with Gasteiger partial charge in [-0.25, -0.2) is 4.39 Å². The third-order valence-electron chi connectivity index (χ3n) is 6.60. The largest absolute Gasteiger partial charge is 0.393 e. The van der Waals surface area contributed by atoms with Crippen molar-refractivity contribution in [3.63, 3.8) is 0 Å². The topological polar surface area (TPSA) is 78.8 Å². The molecule has 160 valence electrons. The lowest BCUT2D eigenvalue weighted by atomic mass is 9.74. The summed E-state index contributed by atoms with van der Waals surface area (Å²) in [6, 6.07) is 15.0. The van der Waals surface area contributed by atoms with Gasteiger partial charge in [0.25, 0.3) is 5.91 Å². The van der Waals surface area contributed by atoms with E-state index in [0.29, 0.717) is 25.7 Å². The fraction of sp³-hybridized carbons (Fsp3) is 0.458. The van der Waals surface area contributed by atoms with Crippen LogP contribution in [0.5, 0.6) is 0 Å². The van der Waals surface area contributed by atoms with Gasteiger partial charge < -0.3 is 20.3 Å². The Balaban J connectivity index is 1.60. The van der Waals surface area contributed by atoms with E-state index in [9.17, 15) is 19.4 Å². The molecule has 0 unspecified atom stereocenters. The van der Waals surface area contributed by atoms with Crippen molar-refractivity contribution in [3.05, 3.63) is 71.5 Å². The summed E-state index contributed by atoms with van der Waals surface area (Å²) in [4.78, 5) is 12.7. The zero-order chi connectivity index (χ0) is 21.4. The zero-order valence-corrected chi connectivity index (χ0v) is 17.1. The number of ether oxygens (including phenoxy) is 1. The average Bonchev–Trinajstić information content (AvgIpc) is 2.82. The summed E-state index contributed by atoms with van der Waals surface area (Å²) in [5.74, 6) is -0.791. The van der Waals surface area contributed by atoms with E-state index in [1.54, 1.807) is 6.07 Å². The quantitative estimate of drug-likeness (QED) is 0.720. The van der Waals surface area contributed by atoms with Crippen LogP contribution in [0, 0.1) is 5.82 Å². The van der Waals surface area contributed by atoms with Crippen LogP contribution in [0.3, 0.4) is 0 Å². The molecule has 30 heavy (non-hydrogen) atoms. The number of hydrogen-bond acceptors (Lipinski definition) is 4. The normalized spacial score (nSPS) is 33.5. The predicted octanol–water partition coefficient (Wildman–Crippen LogP) is 3.16. The second-order valence-electron chi connectivity index (χ2n) is 8.85. The third-order valence-corrected chi connectivity index (χ3v) is 6.60. The smallest absolute Gasteiger partial charge is 0.251 e. The van der Waals surface area contributed by atoms with Gasteiger partial charge in [-0.3, -0.25) is 4.79 Å². The number of fused-ring (bicyclic) bond motifs is 2. The van der Waals surface area contributed by atoms with Gasteiger partial charge in [-0.15, -0.1) is 0 Å². The lowest BCUT2D eigenvalue weighted by Gasteiger charge is -2.49. The summed E-state index contributed by atoms with van der Waals surface area (Å²) in [6.45, 7) is 1.70. The van der Waals surface area contributed by atoms with Crippen molar-refractivity contribution in [2.24, 2.45) is 0 Å². The first-order valence-electron chi connectivity index (χ1n) is 10.4. The van der Waals surface area contributed by atoms with E-state index in [-0.39, 0.29) is 18.1 Å². The highest BCUT2D eigenvalue weighted by Gasteiger charge is 2.54. The minimum absolute atomic E-state index is 0.129. The summed E-state index contributed by atoms with van der Waals surface area (Å²) in [5.41, 5.74) is -0.344. The molecule has 0 aliphatic carbocycles. The number of halogens is 1. The Morgan fingerprint density at radius 3 is 2.67 bits per heavy atom. The molecule has 6 heteroatoms. The second-order valence-corrected chi connectivity index (χ2v) is 8.85. The van der Waals surface area contributed by atoms with Crippen molar-refractivity contribution in [1.29, 1.82) is 0 Å². The van der Waals surface area contributed by atoms with Crippen LogP contribution < -0.4 is 5.32 Å². The van der Waals surface area contributed by atoms with E-state index in [4.69, 9.17) is 4.74 Å². The standard InChI is InChI=1S/C24H28FNO4/c1-23-13-18(16-6-3-2-4-7-16)14-24(15-27,30-23)11-10-20(21(23)28)26-22(29)17-8-5-9-19(25)12-17/h2-9,12,18,20-21,27-28H,10-11,13-15H2,1H3,(H,26,29)/t18-,20-,21+,23+,24+/m1/s1. The van der Waals surface area contributed by atoms with E-state index in [1.807, 2.05) is 25.1 Å². The number of aliphatic hydroxyl groups is 2. The number of rotatable bonds is 4. The van der Waals surface area contributed by atoms with Crippen LogP contribution >= 0.6 is 0 Å². The molecule has 4 rings (SSSR count). The van der Waals surface area contributed by atoms with Gasteiger partial charge in [0.05, 0.1) is 23.9 Å². The van der Waals surface area contributed by atoms with Gasteiger partial charge in [0, 0.05) is 5.56 Å². The summed E-state index contributed by atoms with van der Waals surface area (Å²) < 4.78 is 19.9. The average molecular weight is 413 g/mol. The minimum Gasteiger partial charge on any atom is -0.393 e. The molecule has 0 aromatic heterocycles. The molecule has 2 aliphatic rings. The monoisotopic (exact) mass is 413 g/mol. The fourth-order valence-corrected chi connectivity index (χ4v) is 5.09. The van der Waals surface area contributed by atoms with Crippen molar-refractivity contribution < 1.29 is 24.1 Å². The summed E-state index contributed by atoms with van der Waals surface area (Å²) in [7, 11) is 0. The predicted molar refractivity (Wildman–Crippen MR) is 111 cm³/mol. The number of aliphatic hydroxyl groups excluding tert-OH is 2. The first-order valence-corrected chi connectivity index (χ1v) is 10.4. The first-order chi connectivity index (χ1) is 14.3. The summed E-state index contributed by atoms with van der Waals surface area (Å²) in [6.07, 6.45) is 1.23. The Morgan fingerprint density at radius 1 is 1.20 bits per heavy atom. The Bertz CT molecular complexity index is 907. The Labute approximate surface area is 175 Å². The molecule has 0 radical (unpaired) electrons. The molecule has 3 N–H and O–H groups in total. The van der Waals surface area contributed by atoms with Gasteiger partial charge >= 0.3 is 0 Å². The maximum atomic E-state index is 13.5. The number of carbonyl (C=O) groups is 1.